The van der Waals surface area contributed by atoms with Gasteiger partial charge >= 0.3 is 0 Å². The molecule has 0 bridgehead atoms. The minimum atomic E-state index is -0.0406. The number of hydrogen-bond acceptors (Lipinski definition) is 3. The summed E-state index contributed by atoms with van der Waals surface area (Å²) in [5.41, 5.74) is 5.13. The molecule has 17 heavy (non-hydrogen) atoms. The second-order valence-corrected chi connectivity index (χ2v) is 4.43. The van der Waals surface area contributed by atoms with Crippen molar-refractivity contribution in [3.63, 3.8) is 0 Å². The van der Waals surface area contributed by atoms with Crippen molar-refractivity contribution < 1.29 is 0 Å². The molecule has 0 atom stereocenters. The molecule has 0 aliphatic heterocycles. The maximum atomic E-state index is 12.3. The van der Waals surface area contributed by atoms with E-state index in [0.717, 1.165) is 16.6 Å². The third kappa shape index (κ3) is 1.55. The van der Waals surface area contributed by atoms with Crippen molar-refractivity contribution in [2.24, 2.45) is 0 Å². The smallest absolute Gasteiger partial charge is 0.267 e. The second kappa shape index (κ2) is 3.95. The fraction of sp³-hybridized carbons (Fsp3) is 0.462. The standard InChI is InChI=1S/C13H17N3O/c1-6-16-13(17)11-9(4)7(2)8(3)10(5)12(11)14-15-16/h6H2,1-5H3. The van der Waals surface area contributed by atoms with Crippen LogP contribution in [0.25, 0.3) is 10.9 Å². The molecule has 0 saturated heterocycles. The zero-order chi connectivity index (χ0) is 12.7. The van der Waals surface area contributed by atoms with E-state index in [4.69, 9.17) is 0 Å². The lowest BCUT2D eigenvalue weighted by Gasteiger charge is -2.12. The number of aryl methyl sites for hydroxylation is 3. The minimum absolute atomic E-state index is 0.0406. The van der Waals surface area contributed by atoms with Crippen LogP contribution in [0.15, 0.2) is 4.79 Å². The van der Waals surface area contributed by atoms with Crippen LogP contribution in [0.5, 0.6) is 0 Å². The molecule has 0 amide bonds. The van der Waals surface area contributed by atoms with Crippen molar-refractivity contribution in [2.45, 2.75) is 41.2 Å². The first kappa shape index (κ1) is 11.8. The minimum Gasteiger partial charge on any atom is -0.267 e. The van der Waals surface area contributed by atoms with Crippen LogP contribution < -0.4 is 5.56 Å². The molecule has 0 fully saturated rings. The van der Waals surface area contributed by atoms with E-state index in [9.17, 15) is 4.79 Å². The summed E-state index contributed by atoms with van der Waals surface area (Å²) in [5, 5.41) is 8.85. The number of hydrogen-bond donors (Lipinski definition) is 0. The molecule has 0 radical (unpaired) electrons. The quantitative estimate of drug-likeness (QED) is 0.754. The zero-order valence-electron chi connectivity index (χ0n) is 11.0. The predicted octanol–water partition coefficient (Wildman–Crippen LogP) is 2.05. The van der Waals surface area contributed by atoms with Crippen LogP contribution in [-0.4, -0.2) is 15.0 Å². The number of aromatic nitrogens is 3. The molecule has 0 aliphatic rings. The van der Waals surface area contributed by atoms with Crippen molar-refractivity contribution >= 4 is 10.9 Å². The summed E-state index contributed by atoms with van der Waals surface area (Å²) in [5.74, 6) is 0. The van der Waals surface area contributed by atoms with Crippen molar-refractivity contribution in [1.29, 1.82) is 0 Å². The van der Waals surface area contributed by atoms with Crippen LogP contribution in [-0.2, 0) is 6.54 Å². The highest BCUT2D eigenvalue weighted by atomic mass is 16.1. The highest BCUT2D eigenvalue weighted by Crippen LogP contribution is 2.24. The SMILES string of the molecule is CCn1nnc2c(C)c(C)c(C)c(C)c2c1=O. The van der Waals surface area contributed by atoms with E-state index in [2.05, 4.69) is 17.2 Å². The Morgan fingerprint density at radius 1 is 1.00 bits per heavy atom. The van der Waals surface area contributed by atoms with Gasteiger partial charge in [-0.3, -0.25) is 4.79 Å². The Kier molecular flexibility index (Phi) is 2.73. The summed E-state index contributed by atoms with van der Waals surface area (Å²) >= 11 is 0. The molecule has 2 rings (SSSR count). The zero-order valence-corrected chi connectivity index (χ0v) is 11.0. The Morgan fingerprint density at radius 3 is 2.18 bits per heavy atom. The van der Waals surface area contributed by atoms with Crippen LogP contribution in [0.1, 0.15) is 29.2 Å². The van der Waals surface area contributed by atoms with Crippen molar-refractivity contribution in [2.75, 3.05) is 0 Å². The van der Waals surface area contributed by atoms with Gasteiger partial charge in [0.15, 0.2) is 0 Å². The molecular formula is C13H17N3O. The average Bonchev–Trinajstić information content (AvgIpc) is 2.33. The van der Waals surface area contributed by atoms with Crippen LogP contribution in [0, 0.1) is 27.7 Å². The maximum Gasteiger partial charge on any atom is 0.277 e. The summed E-state index contributed by atoms with van der Waals surface area (Å²) < 4.78 is 1.41. The van der Waals surface area contributed by atoms with Gasteiger partial charge in [0.25, 0.3) is 5.56 Å². The Hall–Kier alpha value is -1.71. The molecule has 0 unspecified atom stereocenters. The third-order valence-electron chi connectivity index (χ3n) is 3.66. The van der Waals surface area contributed by atoms with Gasteiger partial charge < -0.3 is 0 Å². The molecule has 4 heteroatoms. The summed E-state index contributed by atoms with van der Waals surface area (Å²) in [7, 11) is 0. The molecule has 1 aromatic heterocycles. The molecule has 4 nitrogen and oxygen atoms in total. The predicted molar refractivity (Wildman–Crippen MR) is 68.4 cm³/mol. The van der Waals surface area contributed by atoms with Crippen LogP contribution >= 0.6 is 0 Å². The van der Waals surface area contributed by atoms with Gasteiger partial charge in [-0.15, -0.1) is 5.10 Å². The fourth-order valence-corrected chi connectivity index (χ4v) is 2.15. The molecular weight excluding hydrogens is 214 g/mol. The number of nitrogens with zero attached hydrogens (tertiary/aromatic N) is 3. The lowest BCUT2D eigenvalue weighted by atomic mass is 9.95. The van der Waals surface area contributed by atoms with E-state index in [1.54, 1.807) is 0 Å². The van der Waals surface area contributed by atoms with Gasteiger partial charge in [0, 0.05) is 6.54 Å². The molecule has 0 N–H and O–H groups in total. The lowest BCUT2D eigenvalue weighted by Crippen LogP contribution is -2.24. The highest BCUT2D eigenvalue weighted by Gasteiger charge is 2.14. The van der Waals surface area contributed by atoms with Crippen molar-refractivity contribution in [3.8, 4) is 0 Å². The summed E-state index contributed by atoms with van der Waals surface area (Å²) in [4.78, 5) is 12.3. The monoisotopic (exact) mass is 231 g/mol. The average molecular weight is 231 g/mol. The molecule has 0 aliphatic carbocycles. The Morgan fingerprint density at radius 2 is 1.59 bits per heavy atom. The van der Waals surface area contributed by atoms with Gasteiger partial charge in [0.05, 0.1) is 5.39 Å². The van der Waals surface area contributed by atoms with E-state index in [-0.39, 0.29) is 5.56 Å². The number of fused-ring (bicyclic) bond motifs is 1. The fourth-order valence-electron chi connectivity index (χ4n) is 2.15. The molecule has 1 aromatic carbocycles. The topological polar surface area (TPSA) is 47.8 Å². The Balaban J connectivity index is 3.07. The third-order valence-corrected chi connectivity index (χ3v) is 3.66. The van der Waals surface area contributed by atoms with Crippen LogP contribution in [0.4, 0.5) is 0 Å². The highest BCUT2D eigenvalue weighted by molar-refractivity contribution is 5.86. The van der Waals surface area contributed by atoms with E-state index >= 15 is 0 Å². The van der Waals surface area contributed by atoms with Crippen LogP contribution in [0.3, 0.4) is 0 Å². The van der Waals surface area contributed by atoms with E-state index < -0.39 is 0 Å². The molecule has 90 valence electrons. The molecule has 2 aromatic rings. The largest absolute Gasteiger partial charge is 0.277 e. The molecule has 1 heterocycles. The lowest BCUT2D eigenvalue weighted by molar-refractivity contribution is 0.580. The first-order valence-electron chi connectivity index (χ1n) is 5.82. The van der Waals surface area contributed by atoms with Crippen LogP contribution in [0.2, 0.25) is 0 Å². The van der Waals surface area contributed by atoms with Gasteiger partial charge in [-0.25, -0.2) is 4.68 Å². The summed E-state index contributed by atoms with van der Waals surface area (Å²) in [6.07, 6.45) is 0. The molecule has 0 spiro atoms. The summed E-state index contributed by atoms with van der Waals surface area (Å²) in [6.45, 7) is 10.5. The number of rotatable bonds is 1. The van der Waals surface area contributed by atoms with E-state index in [0.29, 0.717) is 11.9 Å². The van der Waals surface area contributed by atoms with Gasteiger partial charge in [0.1, 0.15) is 5.52 Å². The van der Waals surface area contributed by atoms with Crippen molar-refractivity contribution in [1.82, 2.24) is 15.0 Å². The Bertz CT molecular complexity index is 656. The summed E-state index contributed by atoms with van der Waals surface area (Å²) in [6, 6.07) is 0. The maximum absolute atomic E-state index is 12.3. The second-order valence-electron chi connectivity index (χ2n) is 4.43. The van der Waals surface area contributed by atoms with E-state index in [1.165, 1.54) is 15.8 Å². The Labute approximate surface area is 100 Å². The van der Waals surface area contributed by atoms with Gasteiger partial charge in [-0.05, 0) is 56.9 Å². The van der Waals surface area contributed by atoms with Crippen molar-refractivity contribution in [3.05, 3.63) is 32.6 Å². The first-order valence-corrected chi connectivity index (χ1v) is 5.82. The van der Waals surface area contributed by atoms with E-state index in [1.807, 2.05) is 27.7 Å². The number of benzene rings is 1. The van der Waals surface area contributed by atoms with Gasteiger partial charge in [-0.2, -0.15) is 0 Å². The normalized spacial score (nSPS) is 11.1. The van der Waals surface area contributed by atoms with Gasteiger partial charge in [-0.1, -0.05) is 5.21 Å². The molecule has 0 saturated carbocycles. The van der Waals surface area contributed by atoms with Gasteiger partial charge in [0.2, 0.25) is 0 Å². The first-order chi connectivity index (χ1) is 7.99.